The van der Waals surface area contributed by atoms with Gasteiger partial charge in [0, 0.05) is 20.7 Å². The van der Waals surface area contributed by atoms with Gasteiger partial charge in [0.2, 0.25) is 6.33 Å². The molecule has 10 nitrogen and oxygen atoms in total. The summed E-state index contributed by atoms with van der Waals surface area (Å²) < 4.78 is 7.46. The van der Waals surface area contributed by atoms with E-state index in [0.717, 1.165) is 10.0 Å². The van der Waals surface area contributed by atoms with E-state index in [1.165, 1.54) is 24.3 Å². The first-order valence-corrected chi connectivity index (χ1v) is 9.05. The van der Waals surface area contributed by atoms with E-state index in [1.54, 1.807) is 36.4 Å². The molecule has 11 heteroatoms. The van der Waals surface area contributed by atoms with Crippen LogP contribution in [0.15, 0.2) is 58.4 Å². The van der Waals surface area contributed by atoms with Gasteiger partial charge in [0.1, 0.15) is 5.75 Å². The SMILES string of the molecule is COc1ccc(/C=N/NC(=O)c2cccc(Br)c2)cc1Cn1cnc([N+](=O)[O-])n1. The normalized spacial score (nSPS) is 10.8. The number of hydrogen-bond acceptors (Lipinski definition) is 7. The van der Waals surface area contributed by atoms with Crippen molar-refractivity contribution in [3.8, 4) is 5.75 Å². The van der Waals surface area contributed by atoms with E-state index >= 15 is 0 Å². The molecular weight excluding hydrogens is 444 g/mol. The number of halogens is 1. The molecule has 0 atom stereocenters. The molecule has 29 heavy (non-hydrogen) atoms. The highest BCUT2D eigenvalue weighted by atomic mass is 79.9. The van der Waals surface area contributed by atoms with Crippen LogP contribution < -0.4 is 10.2 Å². The van der Waals surface area contributed by atoms with E-state index in [2.05, 4.69) is 36.5 Å². The third kappa shape index (κ3) is 5.23. The number of nitro groups is 1. The Balaban J connectivity index is 1.72. The van der Waals surface area contributed by atoms with Gasteiger partial charge in [-0.25, -0.2) is 5.43 Å². The molecule has 1 N–H and O–H groups in total. The monoisotopic (exact) mass is 458 g/mol. The number of nitrogens with one attached hydrogen (secondary N) is 1. The third-order valence-electron chi connectivity index (χ3n) is 3.79. The second kappa shape index (κ2) is 9.06. The van der Waals surface area contributed by atoms with Crippen LogP contribution in [0.4, 0.5) is 5.95 Å². The van der Waals surface area contributed by atoms with Crippen molar-refractivity contribution in [3.05, 3.63) is 80.1 Å². The summed E-state index contributed by atoms with van der Waals surface area (Å²) in [4.78, 5) is 25.8. The Morgan fingerprint density at radius 3 is 2.90 bits per heavy atom. The predicted octanol–water partition coefficient (Wildman–Crippen LogP) is 2.77. The van der Waals surface area contributed by atoms with E-state index < -0.39 is 10.9 Å². The maximum Gasteiger partial charge on any atom is 0.490 e. The van der Waals surface area contributed by atoms with Crippen LogP contribution in [0.5, 0.6) is 5.75 Å². The molecule has 1 aromatic heterocycles. The van der Waals surface area contributed by atoms with Crippen molar-refractivity contribution in [2.75, 3.05) is 7.11 Å². The number of hydrogen-bond donors (Lipinski definition) is 1. The topological polar surface area (TPSA) is 125 Å². The summed E-state index contributed by atoms with van der Waals surface area (Å²) in [6, 6.07) is 12.2. The number of carbonyl (C=O) groups is 1. The zero-order valence-electron chi connectivity index (χ0n) is 15.2. The van der Waals surface area contributed by atoms with Gasteiger partial charge < -0.3 is 14.9 Å². The fourth-order valence-corrected chi connectivity index (χ4v) is 2.88. The quantitative estimate of drug-likeness (QED) is 0.329. The lowest BCUT2D eigenvalue weighted by Crippen LogP contribution is -2.17. The molecule has 148 valence electrons. The van der Waals surface area contributed by atoms with Crippen LogP contribution in [0, 0.1) is 10.1 Å². The smallest absolute Gasteiger partial charge is 0.490 e. The molecule has 3 aromatic rings. The zero-order chi connectivity index (χ0) is 20.8. The average Bonchev–Trinajstić information content (AvgIpc) is 3.17. The largest absolute Gasteiger partial charge is 0.496 e. The maximum atomic E-state index is 12.1. The van der Waals surface area contributed by atoms with Crippen molar-refractivity contribution in [3.63, 3.8) is 0 Å². The molecule has 0 fully saturated rings. The van der Waals surface area contributed by atoms with E-state index in [1.807, 2.05) is 6.07 Å². The van der Waals surface area contributed by atoms with Crippen molar-refractivity contribution in [2.45, 2.75) is 6.54 Å². The fourth-order valence-electron chi connectivity index (χ4n) is 2.48. The van der Waals surface area contributed by atoms with Gasteiger partial charge in [-0.2, -0.15) is 9.78 Å². The summed E-state index contributed by atoms with van der Waals surface area (Å²) in [7, 11) is 1.52. The van der Waals surface area contributed by atoms with E-state index in [-0.39, 0.29) is 12.5 Å². The Bertz CT molecular complexity index is 1080. The number of amides is 1. The summed E-state index contributed by atoms with van der Waals surface area (Å²) in [5.74, 6) is -0.235. The molecule has 0 spiro atoms. The van der Waals surface area contributed by atoms with Crippen LogP contribution >= 0.6 is 15.9 Å². The lowest BCUT2D eigenvalue weighted by Gasteiger charge is -2.08. The fraction of sp³-hybridized carbons (Fsp3) is 0.111. The van der Waals surface area contributed by atoms with Crippen molar-refractivity contribution in [2.24, 2.45) is 5.10 Å². The van der Waals surface area contributed by atoms with Gasteiger partial charge in [-0.3, -0.25) is 4.79 Å². The van der Waals surface area contributed by atoms with Gasteiger partial charge in [0.05, 0.1) is 19.9 Å². The molecule has 1 amide bonds. The molecule has 0 aliphatic heterocycles. The van der Waals surface area contributed by atoms with Gasteiger partial charge in [-0.1, -0.05) is 27.0 Å². The van der Waals surface area contributed by atoms with E-state index in [0.29, 0.717) is 16.9 Å². The van der Waals surface area contributed by atoms with Gasteiger partial charge >= 0.3 is 5.95 Å². The maximum absolute atomic E-state index is 12.1. The van der Waals surface area contributed by atoms with Crippen LogP contribution in [0.25, 0.3) is 0 Å². The Kier molecular flexibility index (Phi) is 6.29. The summed E-state index contributed by atoms with van der Waals surface area (Å²) in [6.45, 7) is 0.218. The van der Waals surface area contributed by atoms with E-state index in [4.69, 9.17) is 4.74 Å². The Morgan fingerprint density at radius 1 is 1.38 bits per heavy atom. The molecule has 0 aliphatic rings. The third-order valence-corrected chi connectivity index (χ3v) is 4.28. The highest BCUT2D eigenvalue weighted by Crippen LogP contribution is 2.20. The minimum absolute atomic E-state index is 0.218. The Morgan fingerprint density at radius 2 is 2.21 bits per heavy atom. The number of aromatic nitrogens is 3. The molecule has 0 aliphatic carbocycles. The molecule has 0 saturated heterocycles. The second-order valence-electron chi connectivity index (χ2n) is 5.78. The zero-order valence-corrected chi connectivity index (χ0v) is 16.7. The van der Waals surface area contributed by atoms with Gasteiger partial charge in [0.25, 0.3) is 5.91 Å². The summed E-state index contributed by atoms with van der Waals surface area (Å²) in [5.41, 5.74) is 4.35. The first-order chi connectivity index (χ1) is 14.0. The predicted molar refractivity (Wildman–Crippen MR) is 108 cm³/mol. The molecule has 3 rings (SSSR count). The minimum Gasteiger partial charge on any atom is -0.496 e. The molecular formula is C18H15BrN6O4. The molecule has 0 bridgehead atoms. The first kappa shape index (κ1) is 20.1. The highest BCUT2D eigenvalue weighted by Gasteiger charge is 2.15. The standard InChI is InChI=1S/C18H15BrN6O4/c1-29-16-6-5-12(7-14(16)10-24-11-20-18(23-24)25(27)28)9-21-22-17(26)13-3-2-4-15(19)8-13/h2-9,11H,10H2,1H3,(H,22,26)/b21-9+. The second-order valence-corrected chi connectivity index (χ2v) is 6.70. The summed E-state index contributed by atoms with van der Waals surface area (Å²) in [5, 5.41) is 18.5. The van der Waals surface area contributed by atoms with Crippen molar-refractivity contribution in [1.82, 2.24) is 20.2 Å². The number of rotatable bonds is 7. The van der Waals surface area contributed by atoms with Crippen LogP contribution in [-0.4, -0.2) is 38.9 Å². The number of hydrazone groups is 1. The highest BCUT2D eigenvalue weighted by molar-refractivity contribution is 9.10. The lowest BCUT2D eigenvalue weighted by molar-refractivity contribution is -0.394. The minimum atomic E-state index is -0.662. The first-order valence-electron chi connectivity index (χ1n) is 8.26. The van der Waals surface area contributed by atoms with Crippen LogP contribution in [0.3, 0.4) is 0 Å². The summed E-state index contributed by atoms with van der Waals surface area (Å²) >= 11 is 3.31. The molecule has 0 unspecified atom stereocenters. The number of ether oxygens (including phenoxy) is 1. The van der Waals surface area contributed by atoms with E-state index in [9.17, 15) is 14.9 Å². The number of methoxy groups -OCH3 is 1. The average molecular weight is 459 g/mol. The molecule has 1 heterocycles. The lowest BCUT2D eigenvalue weighted by atomic mass is 10.1. The number of carbonyl (C=O) groups excluding carboxylic acids is 1. The van der Waals surface area contributed by atoms with Gasteiger partial charge in [0.15, 0.2) is 0 Å². The van der Waals surface area contributed by atoms with Gasteiger partial charge in [-0.05, 0) is 46.9 Å². The number of nitrogens with zero attached hydrogens (tertiary/aromatic N) is 5. The van der Waals surface area contributed by atoms with Crippen molar-refractivity contribution in [1.29, 1.82) is 0 Å². The number of benzene rings is 2. The molecule has 0 radical (unpaired) electrons. The van der Waals surface area contributed by atoms with Crippen LogP contribution in [0.1, 0.15) is 21.5 Å². The summed E-state index contributed by atoms with van der Waals surface area (Å²) in [6.07, 6.45) is 2.76. The van der Waals surface area contributed by atoms with Crippen LogP contribution in [0.2, 0.25) is 0 Å². The van der Waals surface area contributed by atoms with Gasteiger partial charge in [-0.15, -0.1) is 0 Å². The molecule has 0 saturated carbocycles. The van der Waals surface area contributed by atoms with Crippen molar-refractivity contribution < 1.29 is 14.5 Å². The Labute approximate surface area is 173 Å². The van der Waals surface area contributed by atoms with Crippen LogP contribution in [-0.2, 0) is 6.54 Å². The van der Waals surface area contributed by atoms with Crippen molar-refractivity contribution >= 4 is 34.0 Å². The Hall–Kier alpha value is -3.60. The molecule has 2 aromatic carbocycles.